The van der Waals surface area contributed by atoms with E-state index in [1.54, 1.807) is 12.3 Å². The number of benzene rings is 1. The van der Waals surface area contributed by atoms with Crippen molar-refractivity contribution in [2.75, 3.05) is 38.5 Å². The summed E-state index contributed by atoms with van der Waals surface area (Å²) in [6.07, 6.45) is 1.63. The number of nitrogens with zero attached hydrogens (tertiary/aromatic N) is 4. The minimum atomic E-state index is -0.0334. The van der Waals surface area contributed by atoms with Gasteiger partial charge >= 0.3 is 0 Å². The Morgan fingerprint density at radius 3 is 2.42 bits per heavy atom. The molecular formula is C18H23N5O. The number of rotatable bonds is 3. The van der Waals surface area contributed by atoms with E-state index in [0.717, 1.165) is 31.9 Å². The lowest BCUT2D eigenvalue weighted by Crippen LogP contribution is -2.47. The van der Waals surface area contributed by atoms with Gasteiger partial charge in [0.25, 0.3) is 5.91 Å². The third-order valence-electron chi connectivity index (χ3n) is 4.14. The number of aryl methyl sites for hydroxylation is 2. The number of anilines is 2. The van der Waals surface area contributed by atoms with Crippen molar-refractivity contribution in [1.29, 1.82) is 0 Å². The molecule has 1 aromatic heterocycles. The molecular weight excluding hydrogens is 302 g/mol. The molecule has 0 spiro atoms. The smallest absolute Gasteiger partial charge is 0.272 e. The van der Waals surface area contributed by atoms with Gasteiger partial charge in [-0.15, -0.1) is 0 Å². The highest BCUT2D eigenvalue weighted by molar-refractivity contribution is 5.92. The van der Waals surface area contributed by atoms with Gasteiger partial charge in [0.15, 0.2) is 0 Å². The molecule has 1 aliphatic heterocycles. The van der Waals surface area contributed by atoms with Gasteiger partial charge < -0.3 is 15.1 Å². The maximum absolute atomic E-state index is 12.6. The third-order valence-corrected chi connectivity index (χ3v) is 4.14. The summed E-state index contributed by atoms with van der Waals surface area (Å²) >= 11 is 0. The molecule has 0 saturated carbocycles. The van der Waals surface area contributed by atoms with Gasteiger partial charge in [-0.2, -0.15) is 0 Å². The van der Waals surface area contributed by atoms with E-state index in [1.807, 2.05) is 30.9 Å². The van der Waals surface area contributed by atoms with Crippen molar-refractivity contribution in [3.63, 3.8) is 0 Å². The van der Waals surface area contributed by atoms with Gasteiger partial charge in [0.1, 0.15) is 5.69 Å². The fraction of sp³-hybridized carbons (Fsp3) is 0.389. The van der Waals surface area contributed by atoms with Crippen LogP contribution >= 0.6 is 0 Å². The fourth-order valence-corrected chi connectivity index (χ4v) is 2.89. The molecule has 126 valence electrons. The van der Waals surface area contributed by atoms with Crippen molar-refractivity contribution >= 4 is 17.5 Å². The Kier molecular flexibility index (Phi) is 4.76. The molecule has 0 bridgehead atoms. The first kappa shape index (κ1) is 16.4. The number of carbonyl (C=O) groups excluding carboxylic acids is 1. The van der Waals surface area contributed by atoms with Crippen molar-refractivity contribution in [1.82, 2.24) is 19.8 Å². The van der Waals surface area contributed by atoms with E-state index >= 15 is 0 Å². The third kappa shape index (κ3) is 3.89. The number of nitrogens with one attached hydrogen (secondary N) is 1. The molecule has 0 atom stereocenters. The molecule has 1 amide bonds. The maximum Gasteiger partial charge on any atom is 0.272 e. The first-order valence-electron chi connectivity index (χ1n) is 8.17. The Labute approximate surface area is 142 Å². The summed E-state index contributed by atoms with van der Waals surface area (Å²) in [5.41, 5.74) is 3.70. The second-order valence-electron chi connectivity index (χ2n) is 6.36. The predicted molar refractivity (Wildman–Crippen MR) is 94.6 cm³/mol. The molecule has 1 fully saturated rings. The molecule has 2 aromatic rings. The van der Waals surface area contributed by atoms with Crippen LogP contribution in [-0.2, 0) is 0 Å². The molecule has 24 heavy (non-hydrogen) atoms. The molecule has 3 rings (SSSR count). The molecule has 1 saturated heterocycles. The largest absolute Gasteiger partial charge is 0.335 e. The number of hydrogen-bond acceptors (Lipinski definition) is 5. The average molecular weight is 325 g/mol. The lowest BCUT2D eigenvalue weighted by molar-refractivity contribution is 0.0658. The van der Waals surface area contributed by atoms with Crippen LogP contribution in [0.3, 0.4) is 0 Å². The van der Waals surface area contributed by atoms with Crippen LogP contribution in [0, 0.1) is 13.8 Å². The zero-order chi connectivity index (χ0) is 17.1. The summed E-state index contributed by atoms with van der Waals surface area (Å²) in [4.78, 5) is 25.3. The summed E-state index contributed by atoms with van der Waals surface area (Å²) in [5, 5.41) is 3.19. The van der Waals surface area contributed by atoms with Crippen molar-refractivity contribution in [2.24, 2.45) is 0 Å². The summed E-state index contributed by atoms with van der Waals surface area (Å²) in [6.45, 7) is 7.35. The van der Waals surface area contributed by atoms with E-state index in [4.69, 9.17) is 0 Å². The number of carbonyl (C=O) groups is 1. The van der Waals surface area contributed by atoms with E-state index < -0.39 is 0 Å². The Balaban J connectivity index is 1.75. The number of aromatic nitrogens is 2. The van der Waals surface area contributed by atoms with Crippen molar-refractivity contribution in [3.05, 3.63) is 47.3 Å². The van der Waals surface area contributed by atoms with E-state index in [9.17, 15) is 4.79 Å². The molecule has 1 aromatic carbocycles. The van der Waals surface area contributed by atoms with Gasteiger partial charge in [-0.1, -0.05) is 6.07 Å². The fourth-order valence-electron chi connectivity index (χ4n) is 2.89. The van der Waals surface area contributed by atoms with Crippen molar-refractivity contribution in [2.45, 2.75) is 13.8 Å². The topological polar surface area (TPSA) is 61.4 Å². The zero-order valence-electron chi connectivity index (χ0n) is 14.4. The van der Waals surface area contributed by atoms with Gasteiger partial charge in [-0.25, -0.2) is 9.97 Å². The molecule has 1 N–H and O–H groups in total. The van der Waals surface area contributed by atoms with Crippen molar-refractivity contribution < 1.29 is 4.79 Å². The Bertz CT molecular complexity index is 718. The SMILES string of the molecule is Cc1cc(C)cc(Nc2nccc(C(=O)N3CCN(C)CC3)n2)c1. The van der Waals surface area contributed by atoms with E-state index in [0.29, 0.717) is 11.6 Å². The lowest BCUT2D eigenvalue weighted by Gasteiger charge is -2.32. The lowest BCUT2D eigenvalue weighted by atomic mass is 10.1. The van der Waals surface area contributed by atoms with Gasteiger partial charge in [0.05, 0.1) is 0 Å². The molecule has 0 radical (unpaired) electrons. The molecule has 6 nitrogen and oxygen atoms in total. The van der Waals surface area contributed by atoms with Crippen LogP contribution in [0.1, 0.15) is 21.6 Å². The number of likely N-dealkylation sites (N-methyl/N-ethyl adjacent to an activating group) is 1. The highest BCUT2D eigenvalue weighted by atomic mass is 16.2. The number of hydrogen-bond donors (Lipinski definition) is 1. The highest BCUT2D eigenvalue weighted by Gasteiger charge is 2.21. The first-order chi connectivity index (χ1) is 11.5. The van der Waals surface area contributed by atoms with Crippen LogP contribution in [-0.4, -0.2) is 58.9 Å². The quantitative estimate of drug-likeness (QED) is 0.937. The van der Waals surface area contributed by atoms with E-state index in [2.05, 4.69) is 33.3 Å². The second kappa shape index (κ2) is 6.97. The second-order valence-corrected chi connectivity index (χ2v) is 6.36. The summed E-state index contributed by atoms with van der Waals surface area (Å²) in [7, 11) is 2.07. The Morgan fingerprint density at radius 2 is 1.75 bits per heavy atom. The van der Waals surface area contributed by atoms with Crippen LogP contribution in [0.5, 0.6) is 0 Å². The predicted octanol–water partition coefficient (Wildman–Crippen LogP) is 2.22. The van der Waals surface area contributed by atoms with Crippen LogP contribution in [0.4, 0.5) is 11.6 Å². The molecule has 0 aliphatic carbocycles. The summed E-state index contributed by atoms with van der Waals surface area (Å²) in [5.74, 6) is 0.411. The normalized spacial score (nSPS) is 15.4. The molecule has 1 aliphatic rings. The Hall–Kier alpha value is -2.47. The monoisotopic (exact) mass is 325 g/mol. The van der Waals surface area contributed by atoms with Gasteiger partial charge in [0, 0.05) is 38.1 Å². The Morgan fingerprint density at radius 1 is 1.08 bits per heavy atom. The van der Waals surface area contributed by atoms with Gasteiger partial charge in [0.2, 0.25) is 5.95 Å². The van der Waals surface area contributed by atoms with E-state index in [-0.39, 0.29) is 5.91 Å². The molecule has 2 heterocycles. The van der Waals surface area contributed by atoms with Crippen LogP contribution in [0.15, 0.2) is 30.5 Å². The van der Waals surface area contributed by atoms with Gasteiger partial charge in [-0.05, 0) is 50.2 Å². The number of amides is 1. The minimum absolute atomic E-state index is 0.0334. The highest BCUT2D eigenvalue weighted by Crippen LogP contribution is 2.17. The summed E-state index contributed by atoms with van der Waals surface area (Å²) in [6, 6.07) is 7.85. The maximum atomic E-state index is 12.6. The molecule has 0 unspecified atom stereocenters. The van der Waals surface area contributed by atoms with Crippen molar-refractivity contribution in [3.8, 4) is 0 Å². The first-order valence-corrected chi connectivity index (χ1v) is 8.17. The van der Waals surface area contributed by atoms with Crippen LogP contribution in [0.2, 0.25) is 0 Å². The molecule has 6 heteroatoms. The van der Waals surface area contributed by atoms with E-state index in [1.165, 1.54) is 11.1 Å². The van der Waals surface area contributed by atoms with Crippen LogP contribution in [0.25, 0.3) is 0 Å². The average Bonchev–Trinajstić information content (AvgIpc) is 2.54. The number of piperazine rings is 1. The van der Waals surface area contributed by atoms with Gasteiger partial charge in [-0.3, -0.25) is 4.79 Å². The standard InChI is InChI=1S/C18H23N5O/c1-13-10-14(2)12-15(11-13)20-18-19-5-4-16(21-18)17(24)23-8-6-22(3)7-9-23/h4-5,10-12H,6-9H2,1-3H3,(H,19,20,21). The zero-order valence-corrected chi connectivity index (χ0v) is 14.4. The minimum Gasteiger partial charge on any atom is -0.335 e. The van der Waals surface area contributed by atoms with Crippen LogP contribution < -0.4 is 5.32 Å². The summed E-state index contributed by atoms with van der Waals surface area (Å²) < 4.78 is 0.